The van der Waals surface area contributed by atoms with E-state index in [0.717, 1.165) is 0 Å². The number of hydrogen-bond acceptors (Lipinski definition) is 4. The Morgan fingerprint density at radius 3 is 2.62 bits per heavy atom. The van der Waals surface area contributed by atoms with Crippen LogP contribution < -0.4 is 20.1 Å². The zero-order valence-electron chi connectivity index (χ0n) is 13.3. The number of para-hydroxylation sites is 2. The molecule has 0 saturated carbocycles. The van der Waals surface area contributed by atoms with E-state index in [2.05, 4.69) is 10.6 Å². The lowest BCUT2D eigenvalue weighted by Crippen LogP contribution is -2.34. The summed E-state index contributed by atoms with van der Waals surface area (Å²) in [7, 11) is 1.56. The highest BCUT2D eigenvalue weighted by Gasteiger charge is 2.12. The normalized spacial score (nSPS) is 9.96. The van der Waals surface area contributed by atoms with Gasteiger partial charge in [0.2, 0.25) is 0 Å². The Bertz CT molecular complexity index is 752. The molecule has 0 aliphatic carbocycles. The third-order valence-corrected chi connectivity index (χ3v) is 3.58. The predicted molar refractivity (Wildman–Crippen MR) is 99.3 cm³/mol. The quantitative estimate of drug-likeness (QED) is 0.788. The lowest BCUT2D eigenvalue weighted by atomic mass is 10.2. The van der Waals surface area contributed by atoms with Crippen LogP contribution in [0.5, 0.6) is 11.5 Å². The van der Waals surface area contributed by atoms with Gasteiger partial charge >= 0.3 is 0 Å². The number of rotatable bonds is 5. The van der Waals surface area contributed by atoms with Gasteiger partial charge in [0.1, 0.15) is 11.5 Å². The second-order valence-corrected chi connectivity index (χ2v) is 5.50. The lowest BCUT2D eigenvalue weighted by molar-refractivity contribution is 0.0977. The number of halogens is 1. The fourth-order valence-electron chi connectivity index (χ4n) is 1.99. The molecule has 0 radical (unpaired) electrons. The van der Waals surface area contributed by atoms with Gasteiger partial charge in [-0.05, 0) is 49.5 Å². The van der Waals surface area contributed by atoms with Crippen LogP contribution in [-0.2, 0) is 0 Å². The van der Waals surface area contributed by atoms with Crippen molar-refractivity contribution in [2.24, 2.45) is 0 Å². The number of amides is 1. The van der Waals surface area contributed by atoms with Crippen LogP contribution in [0, 0.1) is 0 Å². The maximum absolute atomic E-state index is 12.3. The summed E-state index contributed by atoms with van der Waals surface area (Å²) in [6, 6.07) is 12.1. The van der Waals surface area contributed by atoms with Crippen LogP contribution in [-0.4, -0.2) is 24.7 Å². The maximum atomic E-state index is 12.3. The second kappa shape index (κ2) is 8.52. The van der Waals surface area contributed by atoms with Gasteiger partial charge in [0, 0.05) is 5.56 Å². The molecule has 2 aromatic carbocycles. The van der Waals surface area contributed by atoms with Crippen molar-refractivity contribution in [2.75, 3.05) is 19.0 Å². The van der Waals surface area contributed by atoms with Crippen molar-refractivity contribution in [1.29, 1.82) is 0 Å². The van der Waals surface area contributed by atoms with Crippen LogP contribution in [0.2, 0.25) is 5.02 Å². The Morgan fingerprint density at radius 2 is 1.96 bits per heavy atom. The summed E-state index contributed by atoms with van der Waals surface area (Å²) in [5.41, 5.74) is 1.04. The second-order valence-electron chi connectivity index (χ2n) is 4.69. The summed E-state index contributed by atoms with van der Waals surface area (Å²) in [6.07, 6.45) is 0. The maximum Gasteiger partial charge on any atom is 0.257 e. The summed E-state index contributed by atoms with van der Waals surface area (Å²) in [6.45, 7) is 2.36. The molecule has 0 aromatic heterocycles. The van der Waals surface area contributed by atoms with Gasteiger partial charge in [-0.1, -0.05) is 23.7 Å². The molecule has 5 nitrogen and oxygen atoms in total. The average molecular weight is 365 g/mol. The van der Waals surface area contributed by atoms with E-state index >= 15 is 0 Å². The average Bonchev–Trinajstić information content (AvgIpc) is 2.57. The fourth-order valence-corrected chi connectivity index (χ4v) is 2.43. The van der Waals surface area contributed by atoms with E-state index < -0.39 is 0 Å². The van der Waals surface area contributed by atoms with Crippen LogP contribution in [0.3, 0.4) is 0 Å². The van der Waals surface area contributed by atoms with Crippen molar-refractivity contribution in [1.82, 2.24) is 5.32 Å². The summed E-state index contributed by atoms with van der Waals surface area (Å²) in [5, 5.41) is 6.06. The van der Waals surface area contributed by atoms with Crippen molar-refractivity contribution in [3.63, 3.8) is 0 Å². The molecule has 0 bridgehead atoms. The number of methoxy groups -OCH3 is 1. The van der Waals surface area contributed by atoms with Crippen molar-refractivity contribution in [3.05, 3.63) is 53.1 Å². The largest absolute Gasteiger partial charge is 0.495 e. The van der Waals surface area contributed by atoms with E-state index in [0.29, 0.717) is 34.4 Å². The number of benzene rings is 2. The van der Waals surface area contributed by atoms with Crippen LogP contribution in [0.1, 0.15) is 17.3 Å². The Morgan fingerprint density at radius 1 is 1.21 bits per heavy atom. The lowest BCUT2D eigenvalue weighted by Gasteiger charge is -2.13. The van der Waals surface area contributed by atoms with Gasteiger partial charge in [-0.3, -0.25) is 10.1 Å². The summed E-state index contributed by atoms with van der Waals surface area (Å²) < 4.78 is 10.6. The minimum atomic E-state index is -0.368. The molecule has 2 N–H and O–H groups in total. The molecule has 0 fully saturated rings. The number of hydrogen-bond donors (Lipinski definition) is 2. The minimum absolute atomic E-state index is 0.162. The molecule has 0 heterocycles. The van der Waals surface area contributed by atoms with Gasteiger partial charge in [-0.25, -0.2) is 0 Å². The Balaban J connectivity index is 2.03. The smallest absolute Gasteiger partial charge is 0.257 e. The summed E-state index contributed by atoms with van der Waals surface area (Å²) >= 11 is 11.3. The van der Waals surface area contributed by atoms with Crippen molar-refractivity contribution in [3.8, 4) is 11.5 Å². The third kappa shape index (κ3) is 4.59. The molecule has 126 valence electrons. The van der Waals surface area contributed by atoms with Crippen LogP contribution in [0.15, 0.2) is 42.5 Å². The van der Waals surface area contributed by atoms with E-state index in [9.17, 15) is 4.79 Å². The Kier molecular flexibility index (Phi) is 6.40. The Labute approximate surface area is 150 Å². The van der Waals surface area contributed by atoms with E-state index in [1.807, 2.05) is 19.1 Å². The molecular formula is C17H17ClN2O3S. The van der Waals surface area contributed by atoms with E-state index in [1.165, 1.54) is 6.07 Å². The monoisotopic (exact) mass is 364 g/mol. The molecule has 0 aliphatic rings. The molecule has 0 saturated heterocycles. The van der Waals surface area contributed by atoms with Gasteiger partial charge in [0.15, 0.2) is 5.11 Å². The summed E-state index contributed by atoms with van der Waals surface area (Å²) in [5.74, 6) is 0.788. The molecule has 7 heteroatoms. The number of carbonyl (C=O) groups excluding carboxylic acids is 1. The predicted octanol–water partition coefficient (Wildman–Crippen LogP) is 3.87. The number of carbonyl (C=O) groups is 1. The van der Waals surface area contributed by atoms with Crippen LogP contribution >= 0.6 is 23.8 Å². The van der Waals surface area contributed by atoms with Gasteiger partial charge in [-0.15, -0.1) is 0 Å². The Hall–Kier alpha value is -2.31. The highest BCUT2D eigenvalue weighted by molar-refractivity contribution is 7.80. The van der Waals surface area contributed by atoms with Crippen molar-refractivity contribution in [2.45, 2.75) is 6.92 Å². The first-order valence-electron chi connectivity index (χ1n) is 7.22. The molecule has 0 atom stereocenters. The highest BCUT2D eigenvalue weighted by Crippen LogP contribution is 2.25. The molecular weight excluding hydrogens is 348 g/mol. The van der Waals surface area contributed by atoms with E-state index in [1.54, 1.807) is 31.4 Å². The van der Waals surface area contributed by atoms with Gasteiger partial charge in [-0.2, -0.15) is 0 Å². The zero-order chi connectivity index (χ0) is 17.5. The molecule has 0 spiro atoms. The fraction of sp³-hybridized carbons (Fsp3) is 0.176. The third-order valence-electron chi connectivity index (χ3n) is 3.08. The number of anilines is 1. The first kappa shape index (κ1) is 18.0. The molecule has 1 amide bonds. The van der Waals surface area contributed by atoms with Gasteiger partial charge in [0.25, 0.3) is 5.91 Å². The van der Waals surface area contributed by atoms with E-state index in [-0.39, 0.29) is 11.0 Å². The van der Waals surface area contributed by atoms with Crippen molar-refractivity contribution < 1.29 is 14.3 Å². The molecule has 24 heavy (non-hydrogen) atoms. The first-order valence-corrected chi connectivity index (χ1v) is 8.01. The molecule has 0 aliphatic heterocycles. The first-order chi connectivity index (χ1) is 11.5. The summed E-state index contributed by atoms with van der Waals surface area (Å²) in [4.78, 5) is 12.3. The molecule has 2 aromatic rings. The van der Waals surface area contributed by atoms with Crippen LogP contribution in [0.25, 0.3) is 0 Å². The number of nitrogens with one attached hydrogen (secondary N) is 2. The zero-order valence-corrected chi connectivity index (χ0v) is 14.8. The van der Waals surface area contributed by atoms with E-state index in [4.69, 9.17) is 33.3 Å². The van der Waals surface area contributed by atoms with Crippen molar-refractivity contribution >= 4 is 40.5 Å². The van der Waals surface area contributed by atoms with Gasteiger partial charge < -0.3 is 14.8 Å². The number of thiocarbonyl (C=S) groups is 1. The highest BCUT2D eigenvalue weighted by atomic mass is 35.5. The molecule has 0 unspecified atom stereocenters. The van der Waals surface area contributed by atoms with Crippen LogP contribution in [0.4, 0.5) is 5.69 Å². The SMILES string of the molecule is CCOc1ccc(C(=O)NC(=S)Nc2ccccc2OC)cc1Cl. The molecule has 2 rings (SSSR count). The van der Waals surface area contributed by atoms with Gasteiger partial charge in [0.05, 0.1) is 24.4 Å². The minimum Gasteiger partial charge on any atom is -0.495 e. The topological polar surface area (TPSA) is 59.6 Å². The standard InChI is InChI=1S/C17H17ClN2O3S/c1-3-23-14-9-8-11(10-12(14)18)16(21)20-17(24)19-13-6-4-5-7-15(13)22-2/h4-10H,3H2,1-2H3,(H2,19,20,21,24). The number of ether oxygens (including phenoxy) is 2.